The van der Waals surface area contributed by atoms with E-state index in [4.69, 9.17) is 9.84 Å². The van der Waals surface area contributed by atoms with Gasteiger partial charge in [-0.3, -0.25) is 4.98 Å². The highest BCUT2D eigenvalue weighted by molar-refractivity contribution is 5.25. The van der Waals surface area contributed by atoms with E-state index >= 15 is 0 Å². The van der Waals surface area contributed by atoms with Crippen molar-refractivity contribution in [2.45, 2.75) is 6.04 Å². The molecule has 13 heavy (non-hydrogen) atoms. The van der Waals surface area contributed by atoms with E-state index in [1.807, 2.05) is 6.07 Å². The number of hydrogen-bond donors (Lipinski definition) is 2. The van der Waals surface area contributed by atoms with Crippen LogP contribution < -0.4 is 10.1 Å². The molecule has 1 heterocycles. The van der Waals surface area contributed by atoms with Gasteiger partial charge >= 0.3 is 0 Å². The van der Waals surface area contributed by atoms with E-state index in [9.17, 15) is 0 Å². The lowest BCUT2D eigenvalue weighted by atomic mass is 10.1. The Balaban J connectivity index is 2.86. The maximum Gasteiger partial charge on any atom is 0.137 e. The summed E-state index contributed by atoms with van der Waals surface area (Å²) in [4.78, 5) is 4.00. The summed E-state index contributed by atoms with van der Waals surface area (Å²) in [6.07, 6.45) is 3.34. The molecule has 1 aromatic heterocycles. The van der Waals surface area contributed by atoms with Crippen LogP contribution in [0.2, 0.25) is 0 Å². The second-order valence-corrected chi connectivity index (χ2v) is 2.68. The lowest BCUT2D eigenvalue weighted by Gasteiger charge is -2.13. The zero-order valence-electron chi connectivity index (χ0n) is 7.82. The molecule has 2 N–H and O–H groups in total. The topological polar surface area (TPSA) is 54.4 Å². The summed E-state index contributed by atoms with van der Waals surface area (Å²) in [6.45, 7) is 0.0470. The average molecular weight is 182 g/mol. The number of likely N-dealkylation sites (N-methyl/N-ethyl adjacent to an activating group) is 1. The molecule has 0 radical (unpaired) electrons. The molecule has 0 saturated carbocycles. The van der Waals surface area contributed by atoms with Crippen molar-refractivity contribution in [3.63, 3.8) is 0 Å². The molecule has 4 heteroatoms. The number of nitrogens with one attached hydrogen (secondary N) is 1. The number of hydrogen-bond acceptors (Lipinski definition) is 4. The Hall–Kier alpha value is -1.13. The van der Waals surface area contributed by atoms with Crippen molar-refractivity contribution in [2.24, 2.45) is 0 Å². The summed E-state index contributed by atoms with van der Waals surface area (Å²) in [6, 6.07) is 1.77. The van der Waals surface area contributed by atoms with Crippen molar-refractivity contribution in [2.75, 3.05) is 20.8 Å². The zero-order valence-corrected chi connectivity index (χ0v) is 7.82. The molecule has 0 aliphatic rings. The third-order valence-corrected chi connectivity index (χ3v) is 1.90. The van der Waals surface area contributed by atoms with Crippen molar-refractivity contribution in [1.29, 1.82) is 0 Å². The molecule has 0 aliphatic carbocycles. The predicted octanol–water partition coefficient (Wildman–Crippen LogP) is 0.343. The zero-order chi connectivity index (χ0) is 9.68. The van der Waals surface area contributed by atoms with Gasteiger partial charge in [-0.05, 0) is 18.7 Å². The van der Waals surface area contributed by atoms with E-state index in [-0.39, 0.29) is 12.6 Å². The Kier molecular flexibility index (Phi) is 3.67. The summed E-state index contributed by atoms with van der Waals surface area (Å²) in [5, 5.41) is 12.0. The van der Waals surface area contributed by atoms with Crippen LogP contribution in [0.4, 0.5) is 0 Å². The van der Waals surface area contributed by atoms with Crippen LogP contribution in [0.3, 0.4) is 0 Å². The highest BCUT2D eigenvalue weighted by Gasteiger charge is 2.08. The van der Waals surface area contributed by atoms with E-state index in [2.05, 4.69) is 10.3 Å². The monoisotopic (exact) mass is 182 g/mol. The molecule has 4 nitrogen and oxygen atoms in total. The fourth-order valence-electron chi connectivity index (χ4n) is 1.10. The summed E-state index contributed by atoms with van der Waals surface area (Å²) >= 11 is 0. The molecule has 0 saturated heterocycles. The minimum absolute atomic E-state index is 0.0470. The molecule has 0 amide bonds. The first-order chi connectivity index (χ1) is 6.31. The highest BCUT2D eigenvalue weighted by Crippen LogP contribution is 2.16. The maximum absolute atomic E-state index is 9.01. The Bertz CT molecular complexity index is 262. The van der Waals surface area contributed by atoms with Gasteiger partial charge in [0.2, 0.25) is 0 Å². The summed E-state index contributed by atoms with van der Waals surface area (Å²) in [5.41, 5.74) is 0.921. The molecular weight excluding hydrogens is 168 g/mol. The number of rotatable bonds is 4. The largest absolute Gasteiger partial charge is 0.495 e. The molecule has 0 fully saturated rings. The standard InChI is InChI=1S/C9H14N2O2/c1-10-9(6-12)7-3-8(13-2)5-11-4-7/h3-5,9-10,12H,6H2,1-2H3/t9-/m1/s1. The van der Waals surface area contributed by atoms with Crippen LogP contribution in [0, 0.1) is 0 Å². The lowest BCUT2D eigenvalue weighted by molar-refractivity contribution is 0.250. The number of methoxy groups -OCH3 is 1. The number of aromatic nitrogens is 1. The van der Waals surface area contributed by atoms with Crippen molar-refractivity contribution in [3.05, 3.63) is 24.0 Å². The average Bonchev–Trinajstić information content (AvgIpc) is 2.20. The van der Waals surface area contributed by atoms with Crippen molar-refractivity contribution in [1.82, 2.24) is 10.3 Å². The molecule has 72 valence electrons. The fraction of sp³-hybridized carbons (Fsp3) is 0.444. The Morgan fingerprint density at radius 3 is 2.92 bits per heavy atom. The van der Waals surface area contributed by atoms with Gasteiger partial charge in [0.15, 0.2) is 0 Å². The second-order valence-electron chi connectivity index (χ2n) is 2.68. The second kappa shape index (κ2) is 4.79. The smallest absolute Gasteiger partial charge is 0.137 e. The number of pyridine rings is 1. The van der Waals surface area contributed by atoms with Crippen LogP contribution in [0.1, 0.15) is 11.6 Å². The van der Waals surface area contributed by atoms with Gasteiger partial charge < -0.3 is 15.2 Å². The molecule has 1 aromatic rings. The third kappa shape index (κ3) is 2.40. The molecule has 1 rings (SSSR count). The fourth-order valence-corrected chi connectivity index (χ4v) is 1.10. The number of nitrogens with zero attached hydrogens (tertiary/aromatic N) is 1. The van der Waals surface area contributed by atoms with Crippen molar-refractivity contribution in [3.8, 4) is 5.75 Å². The number of aliphatic hydroxyl groups is 1. The third-order valence-electron chi connectivity index (χ3n) is 1.90. The first-order valence-corrected chi connectivity index (χ1v) is 4.09. The van der Waals surface area contributed by atoms with Crippen LogP contribution in [-0.4, -0.2) is 30.9 Å². The molecule has 0 unspecified atom stereocenters. The van der Waals surface area contributed by atoms with Crippen LogP contribution in [0.25, 0.3) is 0 Å². The minimum Gasteiger partial charge on any atom is -0.495 e. The first kappa shape index (κ1) is 9.95. The molecule has 0 bridgehead atoms. The van der Waals surface area contributed by atoms with Gasteiger partial charge in [0, 0.05) is 6.20 Å². The number of ether oxygens (including phenoxy) is 1. The SMILES string of the molecule is CN[C@H](CO)c1cncc(OC)c1. The van der Waals surface area contributed by atoms with Gasteiger partial charge in [-0.25, -0.2) is 0 Å². The molecule has 0 spiro atoms. The molecule has 0 aliphatic heterocycles. The van der Waals surface area contributed by atoms with Gasteiger partial charge in [-0.15, -0.1) is 0 Å². The Morgan fingerprint density at radius 1 is 1.62 bits per heavy atom. The van der Waals surface area contributed by atoms with E-state index in [0.29, 0.717) is 5.75 Å². The van der Waals surface area contributed by atoms with E-state index in [1.165, 1.54) is 0 Å². The summed E-state index contributed by atoms with van der Waals surface area (Å²) in [7, 11) is 3.38. The van der Waals surface area contributed by atoms with Gasteiger partial charge in [-0.1, -0.05) is 0 Å². The van der Waals surface area contributed by atoms with Crippen LogP contribution in [-0.2, 0) is 0 Å². The first-order valence-electron chi connectivity index (χ1n) is 4.09. The Morgan fingerprint density at radius 2 is 2.38 bits per heavy atom. The Labute approximate surface area is 77.6 Å². The van der Waals surface area contributed by atoms with E-state index in [0.717, 1.165) is 5.56 Å². The van der Waals surface area contributed by atoms with Crippen LogP contribution in [0.5, 0.6) is 5.75 Å². The van der Waals surface area contributed by atoms with Gasteiger partial charge in [-0.2, -0.15) is 0 Å². The lowest BCUT2D eigenvalue weighted by Crippen LogP contribution is -2.20. The quantitative estimate of drug-likeness (QED) is 0.705. The van der Waals surface area contributed by atoms with Crippen molar-refractivity contribution >= 4 is 0 Å². The highest BCUT2D eigenvalue weighted by atomic mass is 16.5. The molecule has 0 aromatic carbocycles. The minimum atomic E-state index is -0.0809. The molecular formula is C9H14N2O2. The van der Waals surface area contributed by atoms with E-state index in [1.54, 1.807) is 26.6 Å². The normalized spacial score (nSPS) is 12.5. The van der Waals surface area contributed by atoms with Crippen molar-refractivity contribution < 1.29 is 9.84 Å². The maximum atomic E-state index is 9.01. The predicted molar refractivity (Wildman–Crippen MR) is 49.7 cm³/mol. The summed E-state index contributed by atoms with van der Waals surface area (Å²) < 4.78 is 5.02. The molecule has 1 atom stereocenters. The van der Waals surface area contributed by atoms with E-state index < -0.39 is 0 Å². The van der Waals surface area contributed by atoms with Crippen LogP contribution >= 0.6 is 0 Å². The van der Waals surface area contributed by atoms with Gasteiger partial charge in [0.1, 0.15) is 5.75 Å². The summed E-state index contributed by atoms with van der Waals surface area (Å²) in [5.74, 6) is 0.700. The van der Waals surface area contributed by atoms with Gasteiger partial charge in [0.25, 0.3) is 0 Å². The van der Waals surface area contributed by atoms with Gasteiger partial charge in [0.05, 0.1) is 26.0 Å². The number of aliphatic hydroxyl groups excluding tert-OH is 1. The van der Waals surface area contributed by atoms with Crippen LogP contribution in [0.15, 0.2) is 18.5 Å².